The van der Waals surface area contributed by atoms with Crippen molar-refractivity contribution in [3.8, 4) is 0 Å². The van der Waals surface area contributed by atoms with Crippen molar-refractivity contribution < 1.29 is 22.8 Å². The number of nitrogens with zero attached hydrogens (tertiary/aromatic N) is 2. The smallest absolute Gasteiger partial charge is 0.399 e. The molecule has 9 heteroatoms. The maximum Gasteiger partial charge on any atom is 0.416 e. The lowest BCUT2D eigenvalue weighted by molar-refractivity contribution is -0.138. The van der Waals surface area contributed by atoms with Crippen LogP contribution in [0.3, 0.4) is 0 Å². The van der Waals surface area contributed by atoms with Crippen LogP contribution in [-0.2, 0) is 17.5 Å². The summed E-state index contributed by atoms with van der Waals surface area (Å²) in [6.07, 6.45) is -3.25. The number of nitrogens with two attached hydrogens (primary N) is 1. The molecule has 3 amide bonds. The van der Waals surface area contributed by atoms with Gasteiger partial charge in [-0.3, -0.25) is 4.79 Å². The Bertz CT molecular complexity index is 960. The maximum atomic E-state index is 12.9. The topological polar surface area (TPSA) is 78.7 Å². The van der Waals surface area contributed by atoms with Gasteiger partial charge in [-0.25, -0.2) is 4.79 Å². The average molecular weight is 434 g/mol. The van der Waals surface area contributed by atoms with Gasteiger partial charge < -0.3 is 20.9 Å². The predicted molar refractivity (Wildman–Crippen MR) is 112 cm³/mol. The van der Waals surface area contributed by atoms with Gasteiger partial charge in [0.2, 0.25) is 5.91 Å². The van der Waals surface area contributed by atoms with Crippen molar-refractivity contribution in [2.75, 3.05) is 24.6 Å². The van der Waals surface area contributed by atoms with Crippen LogP contribution in [-0.4, -0.2) is 41.4 Å². The Hall–Kier alpha value is -3.23. The summed E-state index contributed by atoms with van der Waals surface area (Å²) in [6, 6.07) is 9.51. The van der Waals surface area contributed by atoms with E-state index < -0.39 is 23.8 Å². The molecule has 1 atom stereocenters. The third kappa shape index (κ3) is 5.28. The Balaban J connectivity index is 1.66. The fourth-order valence-corrected chi connectivity index (χ4v) is 3.75. The SMILES string of the molecule is Cc1cc(NC(=O)N2CCC[C@@H]2C(=O)N(C)Cc2ccc(N)cc2)ccc1C(F)(F)F. The first-order valence-corrected chi connectivity index (χ1v) is 9.91. The summed E-state index contributed by atoms with van der Waals surface area (Å²) >= 11 is 0. The molecule has 1 saturated heterocycles. The molecule has 0 aliphatic carbocycles. The van der Waals surface area contributed by atoms with Crippen molar-refractivity contribution in [3.05, 3.63) is 59.2 Å². The molecule has 2 aromatic rings. The largest absolute Gasteiger partial charge is 0.416 e. The van der Waals surface area contributed by atoms with Crippen LogP contribution in [0.15, 0.2) is 42.5 Å². The number of rotatable bonds is 4. The van der Waals surface area contributed by atoms with Gasteiger partial charge in [0.25, 0.3) is 0 Å². The monoisotopic (exact) mass is 434 g/mol. The zero-order chi connectivity index (χ0) is 22.8. The van der Waals surface area contributed by atoms with Gasteiger partial charge >= 0.3 is 12.2 Å². The summed E-state index contributed by atoms with van der Waals surface area (Å²) in [5.41, 5.74) is 6.76. The highest BCUT2D eigenvalue weighted by atomic mass is 19.4. The van der Waals surface area contributed by atoms with Gasteiger partial charge in [0, 0.05) is 31.5 Å². The van der Waals surface area contributed by atoms with Crippen LogP contribution in [0.2, 0.25) is 0 Å². The summed E-state index contributed by atoms with van der Waals surface area (Å²) in [7, 11) is 1.67. The number of nitrogens with one attached hydrogen (secondary N) is 1. The third-order valence-electron chi connectivity index (χ3n) is 5.36. The Morgan fingerprint density at radius 1 is 1.19 bits per heavy atom. The number of likely N-dealkylation sites (N-methyl/N-ethyl adjacent to an activating group) is 1. The second-order valence-corrected chi connectivity index (χ2v) is 7.74. The Morgan fingerprint density at radius 2 is 1.87 bits per heavy atom. The molecule has 1 heterocycles. The number of anilines is 2. The van der Waals surface area contributed by atoms with Gasteiger partial charge in [-0.2, -0.15) is 13.2 Å². The number of carbonyl (C=O) groups excluding carboxylic acids is 2. The quantitative estimate of drug-likeness (QED) is 0.706. The number of hydrogen-bond donors (Lipinski definition) is 2. The summed E-state index contributed by atoms with van der Waals surface area (Å²) in [6.45, 7) is 2.12. The zero-order valence-corrected chi connectivity index (χ0v) is 17.4. The second-order valence-electron chi connectivity index (χ2n) is 7.74. The molecule has 0 unspecified atom stereocenters. The molecule has 3 N–H and O–H groups in total. The standard InChI is InChI=1S/C22H25F3N4O2/c1-14-12-17(9-10-18(14)22(23,24)25)27-21(31)29-11-3-4-19(29)20(30)28(2)13-15-5-7-16(26)8-6-15/h5-10,12,19H,3-4,11,13,26H2,1-2H3,(H,27,31)/t19-/m1/s1. The molecule has 0 aromatic heterocycles. The molecule has 1 fully saturated rings. The number of alkyl halides is 3. The average Bonchev–Trinajstić information content (AvgIpc) is 3.18. The van der Waals surface area contributed by atoms with Gasteiger partial charge in [-0.15, -0.1) is 0 Å². The highest BCUT2D eigenvalue weighted by Gasteiger charge is 2.36. The molecular formula is C22H25F3N4O2. The zero-order valence-electron chi connectivity index (χ0n) is 17.4. The van der Waals surface area contributed by atoms with E-state index in [4.69, 9.17) is 5.73 Å². The third-order valence-corrected chi connectivity index (χ3v) is 5.36. The minimum Gasteiger partial charge on any atom is -0.399 e. The van der Waals surface area contributed by atoms with Crippen LogP contribution in [0.1, 0.15) is 29.5 Å². The van der Waals surface area contributed by atoms with E-state index in [9.17, 15) is 22.8 Å². The van der Waals surface area contributed by atoms with Crippen LogP contribution in [0.4, 0.5) is 29.3 Å². The molecule has 1 aliphatic heterocycles. The van der Waals surface area contributed by atoms with Gasteiger partial charge in [0.05, 0.1) is 5.56 Å². The molecule has 0 saturated carbocycles. The minimum atomic E-state index is -4.45. The van der Waals surface area contributed by atoms with Crippen molar-refractivity contribution >= 4 is 23.3 Å². The number of halogens is 3. The molecule has 1 aliphatic rings. The molecule has 2 aromatic carbocycles. The van der Waals surface area contributed by atoms with Crippen molar-refractivity contribution in [2.24, 2.45) is 0 Å². The summed E-state index contributed by atoms with van der Waals surface area (Å²) in [4.78, 5) is 28.7. The lowest BCUT2D eigenvalue weighted by Gasteiger charge is -2.28. The lowest BCUT2D eigenvalue weighted by atomic mass is 10.1. The fourth-order valence-electron chi connectivity index (χ4n) is 3.75. The molecule has 0 spiro atoms. The second kappa shape index (κ2) is 8.87. The number of amides is 3. The van der Waals surface area contributed by atoms with Crippen molar-refractivity contribution in [2.45, 2.75) is 38.5 Å². The fraction of sp³-hybridized carbons (Fsp3) is 0.364. The molecular weight excluding hydrogens is 409 g/mol. The van der Waals surface area contributed by atoms with Crippen molar-refractivity contribution in [1.29, 1.82) is 0 Å². The normalized spacial score (nSPS) is 16.3. The van der Waals surface area contributed by atoms with E-state index in [1.165, 1.54) is 24.0 Å². The number of urea groups is 1. The number of benzene rings is 2. The number of hydrogen-bond acceptors (Lipinski definition) is 3. The van der Waals surface area contributed by atoms with Crippen molar-refractivity contribution in [3.63, 3.8) is 0 Å². The number of carbonyl (C=O) groups is 2. The summed E-state index contributed by atoms with van der Waals surface area (Å²) in [5, 5.41) is 2.62. The van der Waals surface area contributed by atoms with Gasteiger partial charge in [0.15, 0.2) is 0 Å². The minimum absolute atomic E-state index is 0.0163. The first-order valence-electron chi connectivity index (χ1n) is 9.91. The Kier molecular flexibility index (Phi) is 6.42. The van der Waals surface area contributed by atoms with Crippen molar-refractivity contribution in [1.82, 2.24) is 9.80 Å². The summed E-state index contributed by atoms with van der Waals surface area (Å²) < 4.78 is 38.8. The first-order chi connectivity index (χ1) is 14.6. The maximum absolute atomic E-state index is 12.9. The summed E-state index contributed by atoms with van der Waals surface area (Å²) in [5.74, 6) is -0.187. The van der Waals surface area contributed by atoms with E-state index in [1.807, 2.05) is 12.1 Å². The Morgan fingerprint density at radius 3 is 2.48 bits per heavy atom. The molecule has 0 bridgehead atoms. The lowest BCUT2D eigenvalue weighted by Crippen LogP contribution is -2.47. The predicted octanol–water partition coefficient (Wildman–Crippen LogP) is 4.25. The van der Waals surface area contributed by atoms with E-state index in [0.717, 1.165) is 11.6 Å². The molecule has 0 radical (unpaired) electrons. The first kappa shape index (κ1) is 22.5. The van der Waals surface area contributed by atoms with Crippen LogP contribution < -0.4 is 11.1 Å². The van der Waals surface area contributed by atoms with Gasteiger partial charge in [-0.05, 0) is 61.2 Å². The van der Waals surface area contributed by atoms with E-state index in [-0.39, 0.29) is 17.2 Å². The van der Waals surface area contributed by atoms with Crippen LogP contribution in [0.5, 0.6) is 0 Å². The van der Waals surface area contributed by atoms with Crippen LogP contribution in [0, 0.1) is 6.92 Å². The van der Waals surface area contributed by atoms with Gasteiger partial charge in [0.1, 0.15) is 6.04 Å². The number of aryl methyl sites for hydroxylation is 1. The van der Waals surface area contributed by atoms with E-state index in [2.05, 4.69) is 5.32 Å². The van der Waals surface area contributed by atoms with Crippen LogP contribution >= 0.6 is 0 Å². The molecule has 6 nitrogen and oxygen atoms in total. The number of nitrogen functional groups attached to an aromatic ring is 1. The van der Waals surface area contributed by atoms with Gasteiger partial charge in [-0.1, -0.05) is 12.1 Å². The van der Waals surface area contributed by atoms with E-state index in [1.54, 1.807) is 24.1 Å². The van der Waals surface area contributed by atoms with Crippen LogP contribution in [0.25, 0.3) is 0 Å². The molecule has 3 rings (SSSR count). The highest BCUT2D eigenvalue weighted by Crippen LogP contribution is 2.33. The van der Waals surface area contributed by atoms with E-state index in [0.29, 0.717) is 31.6 Å². The molecule has 166 valence electrons. The highest BCUT2D eigenvalue weighted by molar-refractivity contribution is 5.94. The number of likely N-dealkylation sites (tertiary alicyclic amines) is 1. The Labute approximate surface area is 178 Å². The van der Waals surface area contributed by atoms with E-state index >= 15 is 0 Å². The molecule has 31 heavy (non-hydrogen) atoms.